The Bertz CT molecular complexity index is 437. The molecule has 0 aromatic heterocycles. The van der Waals surface area contributed by atoms with Gasteiger partial charge in [-0.1, -0.05) is 5.92 Å². The molecule has 1 saturated heterocycles. The number of carboxylic acids is 1. The van der Waals surface area contributed by atoms with E-state index in [0.29, 0.717) is 59.5 Å². The summed E-state index contributed by atoms with van der Waals surface area (Å²) in [4.78, 5) is 15.1. The second-order valence-electron chi connectivity index (χ2n) is 6.53. The van der Waals surface area contributed by atoms with E-state index < -0.39 is 5.97 Å². The fourth-order valence-electron chi connectivity index (χ4n) is 2.68. The van der Waals surface area contributed by atoms with Crippen molar-refractivity contribution >= 4 is 5.97 Å². The van der Waals surface area contributed by atoms with Crippen molar-refractivity contribution in [3.05, 3.63) is 0 Å². The molecule has 9 heteroatoms. The van der Waals surface area contributed by atoms with Crippen molar-refractivity contribution in [2.24, 2.45) is 0 Å². The second-order valence-corrected chi connectivity index (χ2v) is 6.53. The molecule has 1 N–H and O–H groups in total. The summed E-state index contributed by atoms with van der Waals surface area (Å²) in [6.45, 7) is 10.9. The lowest BCUT2D eigenvalue weighted by Crippen LogP contribution is -2.48. The topological polar surface area (TPSA) is 89.9 Å². The maximum atomic E-state index is 10.4. The molecule has 0 aromatic rings. The van der Waals surface area contributed by atoms with Crippen LogP contribution in [-0.2, 0) is 28.5 Å². The van der Waals surface area contributed by atoms with E-state index >= 15 is 0 Å². The van der Waals surface area contributed by atoms with Gasteiger partial charge in [-0.3, -0.25) is 14.6 Å². The third-order valence-corrected chi connectivity index (χ3v) is 4.33. The zero-order chi connectivity index (χ0) is 21.0. The number of carbonyl (C=O) groups is 1. The van der Waals surface area contributed by atoms with E-state index in [1.807, 2.05) is 0 Å². The zero-order valence-corrected chi connectivity index (χ0v) is 17.4. The van der Waals surface area contributed by atoms with Gasteiger partial charge in [0.15, 0.2) is 0 Å². The Labute approximate surface area is 174 Å². The molecule has 1 heterocycles. The number of hydrogen-bond acceptors (Lipinski definition) is 8. The van der Waals surface area contributed by atoms with Gasteiger partial charge >= 0.3 is 5.97 Å². The van der Waals surface area contributed by atoms with Crippen molar-refractivity contribution in [1.82, 2.24) is 9.80 Å². The number of ether oxygens (including phenoxy) is 5. The lowest BCUT2D eigenvalue weighted by Gasteiger charge is -2.34. The molecule has 0 saturated carbocycles. The van der Waals surface area contributed by atoms with E-state index in [1.54, 1.807) is 0 Å². The van der Waals surface area contributed by atoms with Gasteiger partial charge < -0.3 is 28.8 Å². The van der Waals surface area contributed by atoms with Crippen LogP contribution in [-0.4, -0.2) is 126 Å². The molecule has 1 aliphatic heterocycles. The van der Waals surface area contributed by atoms with Gasteiger partial charge in [0, 0.05) is 39.3 Å². The van der Waals surface area contributed by atoms with E-state index in [9.17, 15) is 4.79 Å². The summed E-state index contributed by atoms with van der Waals surface area (Å²) in [6, 6.07) is 0. The third kappa shape index (κ3) is 16.3. The molecular formula is C20H36N2O7. The van der Waals surface area contributed by atoms with Gasteiger partial charge in [-0.15, -0.1) is 6.42 Å². The number of terminal acetylenes is 1. The summed E-state index contributed by atoms with van der Waals surface area (Å²) in [5, 5.41) is 8.56. The molecular weight excluding hydrogens is 380 g/mol. The van der Waals surface area contributed by atoms with Crippen LogP contribution in [0.1, 0.15) is 6.42 Å². The molecule has 0 bridgehead atoms. The zero-order valence-electron chi connectivity index (χ0n) is 17.4. The summed E-state index contributed by atoms with van der Waals surface area (Å²) in [5.41, 5.74) is 0. The van der Waals surface area contributed by atoms with Crippen molar-refractivity contribution < 1.29 is 33.6 Å². The van der Waals surface area contributed by atoms with E-state index in [1.165, 1.54) is 0 Å². The minimum absolute atomic E-state index is 0.0652. The smallest absolute Gasteiger partial charge is 0.305 e. The first-order chi connectivity index (χ1) is 14.2. The van der Waals surface area contributed by atoms with Crippen LogP contribution in [0, 0.1) is 12.3 Å². The SMILES string of the molecule is C#CCOCCOCCOCCOCCN1CCN(CCOCCC(=O)O)CC1. The summed E-state index contributed by atoms with van der Waals surface area (Å²) in [7, 11) is 0. The Morgan fingerprint density at radius 2 is 1.14 bits per heavy atom. The van der Waals surface area contributed by atoms with Crippen molar-refractivity contribution in [2.75, 3.05) is 105 Å². The van der Waals surface area contributed by atoms with Gasteiger partial charge in [0.05, 0.1) is 65.9 Å². The first-order valence-corrected chi connectivity index (χ1v) is 10.2. The molecule has 0 atom stereocenters. The van der Waals surface area contributed by atoms with E-state index in [2.05, 4.69) is 15.7 Å². The third-order valence-electron chi connectivity index (χ3n) is 4.33. The van der Waals surface area contributed by atoms with Gasteiger partial charge in [0.25, 0.3) is 0 Å². The average Bonchev–Trinajstić information content (AvgIpc) is 2.72. The van der Waals surface area contributed by atoms with Crippen LogP contribution < -0.4 is 0 Å². The predicted octanol–water partition coefficient (Wildman–Crippen LogP) is -0.205. The van der Waals surface area contributed by atoms with Crippen molar-refractivity contribution in [3.8, 4) is 12.3 Å². The number of nitrogens with zero attached hydrogens (tertiary/aromatic N) is 2. The van der Waals surface area contributed by atoms with Gasteiger partial charge in [-0.2, -0.15) is 0 Å². The molecule has 1 rings (SSSR count). The van der Waals surface area contributed by atoms with Crippen molar-refractivity contribution in [1.29, 1.82) is 0 Å². The highest BCUT2D eigenvalue weighted by molar-refractivity contribution is 5.66. The Balaban J connectivity index is 1.80. The van der Waals surface area contributed by atoms with Gasteiger partial charge in [0.1, 0.15) is 6.61 Å². The number of rotatable bonds is 19. The van der Waals surface area contributed by atoms with Gasteiger partial charge in [-0.05, 0) is 0 Å². The maximum Gasteiger partial charge on any atom is 0.305 e. The number of aliphatic carboxylic acids is 1. The summed E-state index contributed by atoms with van der Waals surface area (Å²) in [6.07, 6.45) is 5.13. The first kappa shape index (κ1) is 25.8. The Kier molecular flexibility index (Phi) is 16.7. The van der Waals surface area contributed by atoms with Crippen LogP contribution in [0.5, 0.6) is 0 Å². The van der Waals surface area contributed by atoms with Gasteiger partial charge in [-0.25, -0.2) is 0 Å². The molecule has 29 heavy (non-hydrogen) atoms. The van der Waals surface area contributed by atoms with Crippen molar-refractivity contribution in [2.45, 2.75) is 6.42 Å². The minimum Gasteiger partial charge on any atom is -0.481 e. The molecule has 1 aliphatic rings. The lowest BCUT2D eigenvalue weighted by molar-refractivity contribution is -0.138. The van der Waals surface area contributed by atoms with Crippen LogP contribution in [0.3, 0.4) is 0 Å². The highest BCUT2D eigenvalue weighted by Gasteiger charge is 2.16. The Morgan fingerprint density at radius 1 is 0.724 bits per heavy atom. The predicted molar refractivity (Wildman–Crippen MR) is 108 cm³/mol. The van der Waals surface area contributed by atoms with Crippen LogP contribution in [0.2, 0.25) is 0 Å². The molecule has 168 valence electrons. The first-order valence-electron chi connectivity index (χ1n) is 10.2. The van der Waals surface area contributed by atoms with Crippen LogP contribution in [0.15, 0.2) is 0 Å². The Morgan fingerprint density at radius 3 is 1.59 bits per heavy atom. The van der Waals surface area contributed by atoms with Gasteiger partial charge in [0.2, 0.25) is 0 Å². The summed E-state index contributed by atoms with van der Waals surface area (Å²) in [5.74, 6) is 1.58. The highest BCUT2D eigenvalue weighted by atomic mass is 16.6. The minimum atomic E-state index is -0.820. The monoisotopic (exact) mass is 416 g/mol. The highest BCUT2D eigenvalue weighted by Crippen LogP contribution is 2.01. The molecule has 0 aromatic carbocycles. The Hall–Kier alpha value is -1.25. The molecule has 1 fully saturated rings. The van der Waals surface area contributed by atoms with E-state index in [4.69, 9.17) is 35.2 Å². The average molecular weight is 417 g/mol. The number of hydrogen-bond donors (Lipinski definition) is 1. The quantitative estimate of drug-likeness (QED) is 0.227. The summed E-state index contributed by atoms with van der Waals surface area (Å²) < 4.78 is 26.8. The normalized spacial score (nSPS) is 15.4. The molecule has 0 radical (unpaired) electrons. The molecule has 0 spiro atoms. The van der Waals surface area contributed by atoms with E-state index in [0.717, 1.165) is 39.3 Å². The molecule has 9 nitrogen and oxygen atoms in total. The standard InChI is InChI=1S/C20H36N2O7/c1-2-10-25-14-16-28-18-19-29-17-15-27-13-9-22-6-4-21(5-7-22)8-12-26-11-3-20(23)24/h1H,3-19H2,(H,23,24). The van der Waals surface area contributed by atoms with Crippen LogP contribution in [0.4, 0.5) is 0 Å². The molecule has 0 aliphatic carbocycles. The molecule has 0 unspecified atom stereocenters. The van der Waals surface area contributed by atoms with E-state index in [-0.39, 0.29) is 13.0 Å². The summed E-state index contributed by atoms with van der Waals surface area (Å²) >= 11 is 0. The number of piperazine rings is 1. The lowest BCUT2D eigenvalue weighted by atomic mass is 10.3. The molecule has 0 amide bonds. The largest absolute Gasteiger partial charge is 0.481 e. The maximum absolute atomic E-state index is 10.4. The fourth-order valence-corrected chi connectivity index (χ4v) is 2.68. The van der Waals surface area contributed by atoms with Crippen LogP contribution >= 0.6 is 0 Å². The van der Waals surface area contributed by atoms with Crippen molar-refractivity contribution in [3.63, 3.8) is 0 Å². The second kappa shape index (κ2) is 18.8. The fraction of sp³-hybridized carbons (Fsp3) is 0.850. The van der Waals surface area contributed by atoms with Crippen LogP contribution in [0.25, 0.3) is 0 Å². The number of carboxylic acid groups (broad SMARTS) is 1.